The highest BCUT2D eigenvalue weighted by atomic mass is 15.2. The highest BCUT2D eigenvalue weighted by Gasteiger charge is 2.27. The SMILES string of the molecule is c1ccc(-c2cc(-c3ccccc3)c(-n3c4ccc(-c5c(-c6ccccc6)cc(-c6nc(-c7ccccc7)nc(-c7ccccc7)n6)cc5-c5ccccc5)cc4n4c5cc(-c6ccccc6)ccc5nc34)c(-c3ccccc3)c2)cc1. The average Bonchev–Trinajstić information content (AvgIpc) is 3.49. The van der Waals surface area contributed by atoms with Crippen molar-refractivity contribution >= 4 is 27.8 Å². The maximum Gasteiger partial charge on any atom is 0.220 e. The third kappa shape index (κ3) is 8.72. The van der Waals surface area contributed by atoms with Gasteiger partial charge in [0.2, 0.25) is 5.78 Å². The summed E-state index contributed by atoms with van der Waals surface area (Å²) in [6, 6.07) is 108. The fourth-order valence-corrected chi connectivity index (χ4v) is 11.7. The van der Waals surface area contributed by atoms with Crippen molar-refractivity contribution in [2.24, 2.45) is 0 Å². The zero-order chi connectivity index (χ0) is 54.3. The number of fused-ring (bicyclic) bond motifs is 5. The number of nitrogens with zero attached hydrogens (tertiary/aromatic N) is 6. The van der Waals surface area contributed by atoms with E-state index in [4.69, 9.17) is 19.9 Å². The van der Waals surface area contributed by atoms with Gasteiger partial charge in [0, 0.05) is 27.8 Å². The molecule has 0 aliphatic rings. The predicted molar refractivity (Wildman–Crippen MR) is 337 cm³/mol. The van der Waals surface area contributed by atoms with Crippen LogP contribution < -0.4 is 0 Å². The lowest BCUT2D eigenvalue weighted by atomic mass is 9.85. The molecule has 0 atom stereocenters. The van der Waals surface area contributed by atoms with Gasteiger partial charge in [-0.25, -0.2) is 19.9 Å². The molecule has 0 aliphatic heterocycles. The first-order chi connectivity index (χ1) is 40.7. The molecule has 15 aromatic rings. The Bertz CT molecular complexity index is 4620. The first kappa shape index (κ1) is 48.1. The van der Waals surface area contributed by atoms with E-state index in [-0.39, 0.29) is 0 Å². The van der Waals surface area contributed by atoms with Crippen LogP contribution in [0.4, 0.5) is 0 Å². The number of hydrogen-bond donors (Lipinski definition) is 0. The van der Waals surface area contributed by atoms with E-state index in [9.17, 15) is 0 Å². The Hall–Kier alpha value is -11.1. The van der Waals surface area contributed by atoms with E-state index in [0.29, 0.717) is 17.5 Å². The van der Waals surface area contributed by atoms with E-state index < -0.39 is 0 Å². The van der Waals surface area contributed by atoms with Gasteiger partial charge in [-0.2, -0.15) is 0 Å². The minimum atomic E-state index is 0.587. The fraction of sp³-hybridized carbons (Fsp3) is 0. The number of benzene rings is 12. The van der Waals surface area contributed by atoms with Crippen LogP contribution in [0.25, 0.3) is 146 Å². The molecule has 0 bridgehead atoms. The number of aromatic nitrogens is 6. The molecule has 0 spiro atoms. The van der Waals surface area contributed by atoms with Crippen molar-refractivity contribution in [1.82, 2.24) is 28.9 Å². The fourth-order valence-electron chi connectivity index (χ4n) is 11.7. The van der Waals surface area contributed by atoms with Crippen LogP contribution in [0, 0.1) is 0 Å². The second kappa shape index (κ2) is 20.6. The predicted octanol–water partition coefficient (Wildman–Crippen LogP) is 19.3. The van der Waals surface area contributed by atoms with Gasteiger partial charge in [0.05, 0.1) is 27.8 Å². The van der Waals surface area contributed by atoms with Crippen molar-refractivity contribution in [3.05, 3.63) is 303 Å². The maximum atomic E-state index is 5.66. The maximum absolute atomic E-state index is 5.66. The molecule has 3 heterocycles. The largest absolute Gasteiger partial charge is 0.277 e. The van der Waals surface area contributed by atoms with Gasteiger partial charge in [0.1, 0.15) is 0 Å². The Kier molecular flexibility index (Phi) is 12.1. The second-order valence-electron chi connectivity index (χ2n) is 20.6. The standard InChI is InChI=1S/C76H50N6/c1-9-25-51(26-10-1)59-41-43-67-69(49-59)81-70-50-60(42-44-68(70)82(76(81)77-67)72-65(55-33-17-5-18-34-55)45-61(52-27-11-2-12-28-52)46-66(72)56-35-19-6-20-36-56)71-63(53-29-13-3-14-30-53)47-62(48-64(71)54-31-15-4-16-32-54)75-79-73(57-37-21-7-22-38-57)78-74(80-75)58-39-23-8-24-40-58/h1-50H. The van der Waals surface area contributed by atoms with Crippen LogP contribution in [0.3, 0.4) is 0 Å². The van der Waals surface area contributed by atoms with E-state index in [1.165, 1.54) is 0 Å². The minimum absolute atomic E-state index is 0.587. The van der Waals surface area contributed by atoms with Crippen LogP contribution in [-0.2, 0) is 0 Å². The lowest BCUT2D eigenvalue weighted by molar-refractivity contribution is 1.07. The Morgan fingerprint density at radius 2 is 0.573 bits per heavy atom. The highest BCUT2D eigenvalue weighted by Crippen LogP contribution is 2.47. The molecule has 0 saturated carbocycles. The lowest BCUT2D eigenvalue weighted by Gasteiger charge is -2.21. The third-order valence-corrected chi connectivity index (χ3v) is 15.6. The van der Waals surface area contributed by atoms with Crippen molar-refractivity contribution in [1.29, 1.82) is 0 Å². The van der Waals surface area contributed by atoms with Crippen molar-refractivity contribution in [3.8, 4) is 118 Å². The van der Waals surface area contributed by atoms with E-state index >= 15 is 0 Å². The summed E-state index contributed by atoms with van der Waals surface area (Å²) in [7, 11) is 0. The van der Waals surface area contributed by atoms with Crippen LogP contribution in [0.5, 0.6) is 0 Å². The molecule has 3 aromatic heterocycles. The van der Waals surface area contributed by atoms with Gasteiger partial charge >= 0.3 is 0 Å². The molecule has 0 radical (unpaired) electrons. The number of hydrogen-bond acceptors (Lipinski definition) is 4. The molecule has 384 valence electrons. The van der Waals surface area contributed by atoms with Gasteiger partial charge in [0.25, 0.3) is 0 Å². The zero-order valence-electron chi connectivity index (χ0n) is 44.6. The van der Waals surface area contributed by atoms with Gasteiger partial charge in [-0.05, 0) is 115 Å². The molecular weight excluding hydrogens is 997 g/mol. The molecule has 6 nitrogen and oxygen atoms in total. The summed E-state index contributed by atoms with van der Waals surface area (Å²) < 4.78 is 4.80. The van der Waals surface area contributed by atoms with Gasteiger partial charge in [-0.3, -0.25) is 8.97 Å². The van der Waals surface area contributed by atoms with Crippen molar-refractivity contribution < 1.29 is 0 Å². The van der Waals surface area contributed by atoms with Gasteiger partial charge in [-0.15, -0.1) is 0 Å². The quantitative estimate of drug-likeness (QED) is 0.129. The smallest absolute Gasteiger partial charge is 0.220 e. The molecule has 0 N–H and O–H groups in total. The Labute approximate surface area is 475 Å². The molecule has 0 fully saturated rings. The first-order valence-corrected chi connectivity index (χ1v) is 27.7. The lowest BCUT2D eigenvalue weighted by Crippen LogP contribution is -2.02. The van der Waals surface area contributed by atoms with Crippen molar-refractivity contribution in [2.75, 3.05) is 0 Å². The topological polar surface area (TPSA) is 60.9 Å². The second-order valence-corrected chi connectivity index (χ2v) is 20.6. The summed E-state index contributed by atoms with van der Waals surface area (Å²) in [6.07, 6.45) is 0. The molecule has 82 heavy (non-hydrogen) atoms. The molecular formula is C76H50N6. The molecule has 0 saturated heterocycles. The summed E-state index contributed by atoms with van der Waals surface area (Å²) in [5.74, 6) is 2.62. The van der Waals surface area contributed by atoms with E-state index in [0.717, 1.165) is 128 Å². The van der Waals surface area contributed by atoms with E-state index in [1.807, 2.05) is 36.4 Å². The van der Waals surface area contributed by atoms with Crippen LogP contribution in [0.1, 0.15) is 0 Å². The number of rotatable bonds is 11. The van der Waals surface area contributed by atoms with E-state index in [1.54, 1.807) is 0 Å². The van der Waals surface area contributed by atoms with Gasteiger partial charge in [0.15, 0.2) is 17.5 Å². The zero-order valence-corrected chi connectivity index (χ0v) is 44.6. The molecule has 0 amide bonds. The van der Waals surface area contributed by atoms with Crippen molar-refractivity contribution in [2.45, 2.75) is 0 Å². The van der Waals surface area contributed by atoms with Crippen LogP contribution in [-0.4, -0.2) is 28.9 Å². The Morgan fingerprint density at radius 3 is 1.02 bits per heavy atom. The van der Waals surface area contributed by atoms with Crippen LogP contribution >= 0.6 is 0 Å². The minimum Gasteiger partial charge on any atom is -0.277 e. The van der Waals surface area contributed by atoms with Gasteiger partial charge < -0.3 is 0 Å². The van der Waals surface area contributed by atoms with Crippen LogP contribution in [0.15, 0.2) is 303 Å². The summed E-state index contributed by atoms with van der Waals surface area (Å²) in [5.41, 5.74) is 23.0. The van der Waals surface area contributed by atoms with E-state index in [2.05, 4.69) is 276 Å². The normalized spacial score (nSPS) is 11.4. The third-order valence-electron chi connectivity index (χ3n) is 15.6. The average molecular weight is 1050 g/mol. The molecule has 15 rings (SSSR count). The summed E-state index contributed by atoms with van der Waals surface area (Å²) in [4.78, 5) is 21.3. The first-order valence-electron chi connectivity index (χ1n) is 27.7. The van der Waals surface area contributed by atoms with Gasteiger partial charge in [-0.1, -0.05) is 255 Å². The molecule has 0 unspecified atom stereocenters. The number of imidazole rings is 2. The summed E-state index contributed by atoms with van der Waals surface area (Å²) in [5, 5.41) is 0. The summed E-state index contributed by atoms with van der Waals surface area (Å²) in [6.45, 7) is 0. The summed E-state index contributed by atoms with van der Waals surface area (Å²) >= 11 is 0. The molecule has 6 heteroatoms. The van der Waals surface area contributed by atoms with Crippen molar-refractivity contribution in [3.63, 3.8) is 0 Å². The molecule has 12 aromatic carbocycles. The van der Waals surface area contributed by atoms with Crippen LogP contribution in [0.2, 0.25) is 0 Å². The Morgan fingerprint density at radius 1 is 0.220 bits per heavy atom. The highest BCUT2D eigenvalue weighted by molar-refractivity contribution is 6.03. The Balaban J connectivity index is 1.05. The molecule has 0 aliphatic carbocycles. The monoisotopic (exact) mass is 1050 g/mol.